The van der Waals surface area contributed by atoms with Gasteiger partial charge in [0.2, 0.25) is 0 Å². The van der Waals surface area contributed by atoms with Crippen molar-refractivity contribution in [3.05, 3.63) is 59.9 Å². The van der Waals surface area contributed by atoms with E-state index in [0.29, 0.717) is 21.9 Å². The number of halogens is 1. The lowest BCUT2D eigenvalue weighted by Crippen LogP contribution is -2.26. The average Bonchev–Trinajstić information content (AvgIpc) is 3.17. The first kappa shape index (κ1) is 14.3. The highest BCUT2D eigenvalue weighted by atomic mass is 32.1. The fraction of sp³-hybridized carbons (Fsp3) is 0.143. The van der Waals surface area contributed by atoms with Gasteiger partial charge in [-0.25, -0.2) is 9.07 Å². The van der Waals surface area contributed by atoms with Gasteiger partial charge < -0.3 is 5.32 Å². The molecule has 0 spiro atoms. The Labute approximate surface area is 131 Å². The molecule has 2 aromatic heterocycles. The van der Waals surface area contributed by atoms with Crippen LogP contribution in [-0.2, 0) is 0 Å². The van der Waals surface area contributed by atoms with Gasteiger partial charge in [0.25, 0.3) is 0 Å². The van der Waals surface area contributed by atoms with Gasteiger partial charge in [0, 0.05) is 12.4 Å². The molecular weight excluding hydrogens is 303 g/mol. The summed E-state index contributed by atoms with van der Waals surface area (Å²) in [5.74, 6) is -0.376. The molecule has 0 amide bonds. The van der Waals surface area contributed by atoms with E-state index in [0.717, 1.165) is 0 Å². The molecule has 2 heterocycles. The highest BCUT2D eigenvalue weighted by Crippen LogP contribution is 2.23. The van der Waals surface area contributed by atoms with Gasteiger partial charge in [0.15, 0.2) is 0 Å². The molecule has 0 radical (unpaired) electrons. The summed E-state index contributed by atoms with van der Waals surface area (Å²) in [6.07, 6.45) is 4.87. The first-order chi connectivity index (χ1) is 10.6. The maximum Gasteiger partial charge on any atom is 0.149 e. The molecule has 3 aromatic rings. The minimum absolute atomic E-state index is 0.363. The number of hydrogen-bond acceptors (Lipinski definition) is 4. The number of benzene rings is 1. The van der Waals surface area contributed by atoms with Crippen LogP contribution in [0.15, 0.2) is 42.9 Å². The lowest BCUT2D eigenvalue weighted by molar-refractivity contribution is 0.604. The first-order valence-corrected chi connectivity index (χ1v) is 6.98. The molecule has 0 saturated carbocycles. The van der Waals surface area contributed by atoms with Crippen molar-refractivity contribution in [1.29, 1.82) is 0 Å². The van der Waals surface area contributed by atoms with Crippen LogP contribution < -0.4 is 5.32 Å². The normalized spacial score (nSPS) is 12.1. The second kappa shape index (κ2) is 6.02. The number of rotatable bonds is 4. The third-order valence-electron chi connectivity index (χ3n) is 3.13. The molecule has 0 aliphatic carbocycles. The van der Waals surface area contributed by atoms with Crippen molar-refractivity contribution in [2.45, 2.75) is 13.0 Å². The number of H-pyrrole nitrogens is 1. The van der Waals surface area contributed by atoms with Crippen molar-refractivity contribution in [1.82, 2.24) is 30.5 Å². The summed E-state index contributed by atoms with van der Waals surface area (Å²) < 4.78 is 15.9. The molecule has 22 heavy (non-hydrogen) atoms. The number of hydrogen-bond donors (Lipinski definition) is 2. The van der Waals surface area contributed by atoms with Crippen LogP contribution in [0.1, 0.15) is 24.2 Å². The topological polar surface area (TPSA) is 71.4 Å². The molecule has 0 aliphatic rings. The van der Waals surface area contributed by atoms with Gasteiger partial charge in [0.05, 0.1) is 17.2 Å². The van der Waals surface area contributed by atoms with Crippen LogP contribution in [0.25, 0.3) is 5.69 Å². The lowest BCUT2D eigenvalue weighted by Gasteiger charge is -2.18. The molecule has 1 unspecified atom stereocenters. The summed E-state index contributed by atoms with van der Waals surface area (Å²) in [4.78, 5) is 0.588. The SMILES string of the molecule is CC(=S)NC(c1ccc(-n2cccn2)c(F)c1)c1cn[nH]n1. The molecule has 2 N–H and O–H groups in total. The van der Waals surface area contributed by atoms with E-state index in [2.05, 4.69) is 25.8 Å². The van der Waals surface area contributed by atoms with Crippen LogP contribution in [0.4, 0.5) is 4.39 Å². The van der Waals surface area contributed by atoms with E-state index < -0.39 is 0 Å². The van der Waals surface area contributed by atoms with E-state index in [1.54, 1.807) is 37.6 Å². The van der Waals surface area contributed by atoms with E-state index in [1.165, 1.54) is 10.7 Å². The van der Waals surface area contributed by atoms with Crippen molar-refractivity contribution < 1.29 is 4.39 Å². The van der Waals surface area contributed by atoms with Crippen LogP contribution >= 0.6 is 12.2 Å². The van der Waals surface area contributed by atoms with Gasteiger partial charge in [-0.2, -0.15) is 20.5 Å². The highest BCUT2D eigenvalue weighted by molar-refractivity contribution is 7.80. The van der Waals surface area contributed by atoms with Crippen molar-refractivity contribution >= 4 is 17.2 Å². The number of nitrogens with zero attached hydrogens (tertiary/aromatic N) is 4. The van der Waals surface area contributed by atoms with Crippen LogP contribution in [0.5, 0.6) is 0 Å². The van der Waals surface area contributed by atoms with Crippen molar-refractivity contribution in [3.63, 3.8) is 0 Å². The largest absolute Gasteiger partial charge is 0.367 e. The van der Waals surface area contributed by atoms with Crippen molar-refractivity contribution in [2.75, 3.05) is 0 Å². The quantitative estimate of drug-likeness (QED) is 0.722. The second-order valence-electron chi connectivity index (χ2n) is 4.69. The second-order valence-corrected chi connectivity index (χ2v) is 5.30. The Balaban J connectivity index is 1.98. The van der Waals surface area contributed by atoms with Gasteiger partial charge in [0.1, 0.15) is 17.2 Å². The zero-order valence-electron chi connectivity index (χ0n) is 11.7. The van der Waals surface area contributed by atoms with E-state index in [-0.39, 0.29) is 11.9 Å². The van der Waals surface area contributed by atoms with E-state index >= 15 is 0 Å². The minimum Gasteiger partial charge on any atom is -0.367 e. The van der Waals surface area contributed by atoms with Gasteiger partial charge in [-0.05, 0) is 30.7 Å². The molecule has 112 valence electrons. The Morgan fingerprint density at radius 2 is 2.32 bits per heavy atom. The Hall–Kier alpha value is -2.61. The van der Waals surface area contributed by atoms with Gasteiger partial charge in [-0.15, -0.1) is 0 Å². The maximum absolute atomic E-state index is 14.4. The molecule has 0 aliphatic heterocycles. The summed E-state index contributed by atoms with van der Waals surface area (Å²) in [5.41, 5.74) is 1.72. The lowest BCUT2D eigenvalue weighted by atomic mass is 10.0. The minimum atomic E-state index is -0.376. The fourth-order valence-electron chi connectivity index (χ4n) is 2.18. The summed E-state index contributed by atoms with van der Waals surface area (Å²) in [5, 5.41) is 17.5. The Bertz CT molecular complexity index is 769. The zero-order chi connectivity index (χ0) is 15.5. The Morgan fingerprint density at radius 3 is 2.91 bits per heavy atom. The third kappa shape index (κ3) is 2.86. The number of thiocarbonyl (C=S) groups is 1. The van der Waals surface area contributed by atoms with Crippen LogP contribution in [-0.4, -0.2) is 30.2 Å². The third-order valence-corrected chi connectivity index (χ3v) is 3.25. The number of aromatic amines is 1. The molecular formula is C14H13FN6S. The van der Waals surface area contributed by atoms with Crippen LogP contribution in [0.3, 0.4) is 0 Å². The molecule has 0 fully saturated rings. The van der Waals surface area contributed by atoms with Gasteiger partial charge in [-0.3, -0.25) is 0 Å². The van der Waals surface area contributed by atoms with Gasteiger partial charge in [-0.1, -0.05) is 18.3 Å². The predicted octanol–water partition coefficient (Wildman–Crippen LogP) is 2.16. The summed E-state index contributed by atoms with van der Waals surface area (Å²) >= 11 is 5.09. The number of nitrogens with one attached hydrogen (secondary N) is 2. The molecule has 3 rings (SSSR count). The summed E-state index contributed by atoms with van der Waals surface area (Å²) in [6, 6.07) is 6.30. The monoisotopic (exact) mass is 316 g/mol. The van der Waals surface area contributed by atoms with Crippen LogP contribution in [0.2, 0.25) is 0 Å². The summed E-state index contributed by atoms with van der Waals surface area (Å²) in [6.45, 7) is 1.76. The molecule has 1 aromatic carbocycles. The zero-order valence-corrected chi connectivity index (χ0v) is 12.5. The van der Waals surface area contributed by atoms with Crippen LogP contribution in [0, 0.1) is 5.82 Å². The van der Waals surface area contributed by atoms with Gasteiger partial charge >= 0.3 is 0 Å². The standard InChI is InChI=1S/C14H13FN6S/c1-9(22)18-14(12-8-16-20-19-12)10-3-4-13(11(15)7-10)21-6-2-5-17-21/h2-8,14H,1H3,(H,18,22)(H,16,19,20). The highest BCUT2D eigenvalue weighted by Gasteiger charge is 2.19. The molecule has 8 heteroatoms. The molecule has 6 nitrogen and oxygen atoms in total. The molecule has 0 saturated heterocycles. The molecule has 0 bridgehead atoms. The first-order valence-electron chi connectivity index (χ1n) is 6.57. The smallest absolute Gasteiger partial charge is 0.149 e. The fourth-order valence-corrected chi connectivity index (χ4v) is 2.30. The van der Waals surface area contributed by atoms with E-state index in [4.69, 9.17) is 12.2 Å². The van der Waals surface area contributed by atoms with E-state index in [9.17, 15) is 4.39 Å². The predicted molar refractivity (Wildman–Crippen MR) is 83.2 cm³/mol. The van der Waals surface area contributed by atoms with E-state index in [1.807, 2.05) is 6.07 Å². The summed E-state index contributed by atoms with van der Waals surface area (Å²) in [7, 11) is 0. The number of aromatic nitrogens is 5. The average molecular weight is 316 g/mol. The Morgan fingerprint density at radius 1 is 1.45 bits per heavy atom. The molecule has 1 atom stereocenters. The van der Waals surface area contributed by atoms with Crippen molar-refractivity contribution in [2.24, 2.45) is 0 Å². The maximum atomic E-state index is 14.4. The van der Waals surface area contributed by atoms with Crippen molar-refractivity contribution in [3.8, 4) is 5.69 Å². The Kier molecular flexibility index (Phi) is 3.92.